The minimum atomic E-state index is -2.72. The summed E-state index contributed by atoms with van der Waals surface area (Å²) in [4.78, 5) is 0.555. The van der Waals surface area contributed by atoms with Crippen LogP contribution in [0.4, 0.5) is 8.78 Å². The van der Waals surface area contributed by atoms with Gasteiger partial charge >= 0.3 is 0 Å². The van der Waals surface area contributed by atoms with Gasteiger partial charge < -0.3 is 4.55 Å². The molecule has 3 rings (SSSR count). The summed E-state index contributed by atoms with van der Waals surface area (Å²) in [6.45, 7) is 1.93. The summed E-state index contributed by atoms with van der Waals surface area (Å²) in [5.74, 6) is -3.18. The number of benzene rings is 1. The van der Waals surface area contributed by atoms with Crippen molar-refractivity contribution in [1.29, 1.82) is 5.26 Å². The molecule has 6 heteroatoms. The molecule has 23 heavy (non-hydrogen) atoms. The van der Waals surface area contributed by atoms with Crippen LogP contribution >= 0.6 is 0 Å². The summed E-state index contributed by atoms with van der Waals surface area (Å²) < 4.78 is 43.1. The van der Waals surface area contributed by atoms with Crippen LogP contribution in [-0.2, 0) is 11.4 Å². The first-order valence-corrected chi connectivity index (χ1v) is 9.00. The van der Waals surface area contributed by atoms with E-state index in [1.165, 1.54) is 0 Å². The summed E-state index contributed by atoms with van der Waals surface area (Å²) >= 11 is -1.57. The Balaban J connectivity index is 1.70. The van der Waals surface area contributed by atoms with Crippen molar-refractivity contribution in [3.8, 4) is 6.07 Å². The highest BCUT2D eigenvalue weighted by molar-refractivity contribution is 7.89. The first kappa shape index (κ1) is 16.7. The SMILES string of the molecule is Cc1ccc([S+]([O-])N[C@H](C#N)[C@@H]2CC(F)(F)CC3(CC3)C2)cc1. The van der Waals surface area contributed by atoms with Crippen molar-refractivity contribution in [1.82, 2.24) is 4.72 Å². The van der Waals surface area contributed by atoms with Crippen LogP contribution in [0.1, 0.15) is 37.7 Å². The molecule has 1 unspecified atom stereocenters. The zero-order valence-electron chi connectivity index (χ0n) is 13.0. The number of alkyl halides is 2. The van der Waals surface area contributed by atoms with E-state index in [2.05, 4.69) is 4.72 Å². The molecular formula is C17H20F2N2OS. The van der Waals surface area contributed by atoms with Gasteiger partial charge in [-0.2, -0.15) is 5.26 Å². The van der Waals surface area contributed by atoms with Gasteiger partial charge in [-0.3, -0.25) is 0 Å². The van der Waals surface area contributed by atoms with E-state index in [9.17, 15) is 18.6 Å². The van der Waals surface area contributed by atoms with Crippen LogP contribution in [-0.4, -0.2) is 16.5 Å². The Morgan fingerprint density at radius 3 is 2.52 bits per heavy atom. The molecule has 0 amide bonds. The van der Waals surface area contributed by atoms with E-state index in [4.69, 9.17) is 0 Å². The van der Waals surface area contributed by atoms with Crippen LogP contribution in [0.5, 0.6) is 0 Å². The fourth-order valence-electron chi connectivity index (χ4n) is 3.57. The van der Waals surface area contributed by atoms with Crippen molar-refractivity contribution >= 4 is 11.4 Å². The van der Waals surface area contributed by atoms with Crippen LogP contribution in [0.15, 0.2) is 29.2 Å². The van der Waals surface area contributed by atoms with Crippen molar-refractivity contribution in [3.05, 3.63) is 29.8 Å². The molecule has 0 saturated heterocycles. The predicted octanol–water partition coefficient (Wildman–Crippen LogP) is 3.72. The van der Waals surface area contributed by atoms with E-state index in [1.807, 2.05) is 25.1 Å². The molecule has 0 radical (unpaired) electrons. The van der Waals surface area contributed by atoms with Gasteiger partial charge in [-0.05, 0) is 49.7 Å². The smallest absolute Gasteiger partial charge is 0.249 e. The first-order chi connectivity index (χ1) is 10.8. The third-order valence-corrected chi connectivity index (χ3v) is 6.09. The highest BCUT2D eigenvalue weighted by Gasteiger charge is 2.57. The quantitative estimate of drug-likeness (QED) is 0.851. The molecular weight excluding hydrogens is 318 g/mol. The van der Waals surface area contributed by atoms with Gasteiger partial charge in [-0.15, -0.1) is 4.72 Å². The lowest BCUT2D eigenvalue weighted by atomic mass is 9.74. The second-order valence-corrected chi connectivity index (χ2v) is 8.25. The van der Waals surface area contributed by atoms with Crippen molar-refractivity contribution in [2.75, 3.05) is 0 Å². The van der Waals surface area contributed by atoms with Crippen molar-refractivity contribution in [2.24, 2.45) is 11.3 Å². The maximum absolute atomic E-state index is 14.0. The third-order valence-electron chi connectivity index (χ3n) is 4.93. The van der Waals surface area contributed by atoms with Crippen LogP contribution in [0.2, 0.25) is 0 Å². The Morgan fingerprint density at radius 2 is 1.96 bits per heavy atom. The van der Waals surface area contributed by atoms with E-state index in [1.54, 1.807) is 12.1 Å². The van der Waals surface area contributed by atoms with E-state index < -0.39 is 29.2 Å². The number of halogens is 2. The zero-order valence-corrected chi connectivity index (χ0v) is 13.8. The molecule has 3 atom stereocenters. The van der Waals surface area contributed by atoms with Crippen molar-refractivity contribution < 1.29 is 13.3 Å². The summed E-state index contributed by atoms with van der Waals surface area (Å²) in [6, 6.07) is 8.36. The molecule has 2 fully saturated rings. The summed E-state index contributed by atoms with van der Waals surface area (Å²) in [7, 11) is 0. The number of aryl methyl sites for hydroxylation is 1. The summed E-state index contributed by atoms with van der Waals surface area (Å²) in [5, 5.41) is 9.39. The van der Waals surface area contributed by atoms with Gasteiger partial charge in [0.1, 0.15) is 6.04 Å². The van der Waals surface area contributed by atoms with Gasteiger partial charge in [0.25, 0.3) is 0 Å². The lowest BCUT2D eigenvalue weighted by molar-refractivity contribution is -0.0804. The third kappa shape index (κ3) is 3.85. The molecule has 2 aliphatic carbocycles. The van der Waals surface area contributed by atoms with Crippen LogP contribution in [0, 0.1) is 29.6 Å². The Hall–Kier alpha value is -1.16. The molecule has 1 aromatic carbocycles. The number of nitriles is 1. The highest BCUT2D eigenvalue weighted by Crippen LogP contribution is 2.61. The van der Waals surface area contributed by atoms with E-state index in [-0.39, 0.29) is 18.3 Å². The maximum atomic E-state index is 14.0. The average molecular weight is 338 g/mol. The number of rotatable bonds is 4. The number of hydrogen-bond acceptors (Lipinski definition) is 3. The normalized spacial score (nSPS) is 27.2. The molecule has 124 valence electrons. The molecule has 0 aliphatic heterocycles. The Kier molecular flexibility index (Phi) is 4.39. The topological polar surface area (TPSA) is 58.9 Å². The summed E-state index contributed by atoms with van der Waals surface area (Å²) in [6.07, 6.45) is 1.90. The largest absolute Gasteiger partial charge is 0.593 e. The molecule has 3 nitrogen and oxygen atoms in total. The second-order valence-electron chi connectivity index (χ2n) is 7.01. The molecule has 1 aromatic rings. The molecule has 0 aromatic heterocycles. The van der Waals surface area contributed by atoms with Gasteiger partial charge in [0.05, 0.1) is 17.4 Å². The fraction of sp³-hybridized carbons (Fsp3) is 0.588. The van der Waals surface area contributed by atoms with E-state index in [0.717, 1.165) is 18.4 Å². The number of nitrogens with zero attached hydrogens (tertiary/aromatic N) is 1. The second kappa shape index (κ2) is 6.04. The number of nitrogens with one attached hydrogen (secondary N) is 1. The van der Waals surface area contributed by atoms with Crippen LogP contribution in [0.25, 0.3) is 0 Å². The van der Waals surface area contributed by atoms with E-state index >= 15 is 0 Å². The average Bonchev–Trinajstić information content (AvgIpc) is 3.21. The lowest BCUT2D eigenvalue weighted by Crippen LogP contribution is -2.45. The minimum absolute atomic E-state index is 0.0598. The number of hydrogen-bond donors (Lipinski definition) is 1. The van der Waals surface area contributed by atoms with Gasteiger partial charge in [-0.1, -0.05) is 17.7 Å². The Morgan fingerprint density at radius 1 is 1.30 bits per heavy atom. The van der Waals surface area contributed by atoms with Crippen LogP contribution in [0.3, 0.4) is 0 Å². The van der Waals surface area contributed by atoms with Crippen molar-refractivity contribution in [3.63, 3.8) is 0 Å². The molecule has 2 aliphatic rings. The van der Waals surface area contributed by atoms with E-state index in [0.29, 0.717) is 11.3 Å². The highest BCUT2D eigenvalue weighted by atomic mass is 32.2. The molecule has 1 N–H and O–H groups in total. The first-order valence-electron chi connectivity index (χ1n) is 7.85. The molecule has 2 saturated carbocycles. The van der Waals surface area contributed by atoms with Gasteiger partial charge in [0, 0.05) is 12.8 Å². The van der Waals surface area contributed by atoms with Crippen molar-refractivity contribution in [2.45, 2.75) is 55.9 Å². The molecule has 0 bridgehead atoms. The Labute approximate surface area is 138 Å². The Bertz CT molecular complexity index is 604. The maximum Gasteiger partial charge on any atom is 0.249 e. The molecule has 1 spiro atoms. The van der Waals surface area contributed by atoms with Gasteiger partial charge in [-0.25, -0.2) is 8.78 Å². The standard InChI is InChI=1S/C17H20F2N2OS/c1-12-2-4-14(5-3-12)23(22)21-15(10-20)13-8-16(6-7-16)11-17(18,19)9-13/h2-5,13,15,21H,6-9,11H2,1H3/t13-,15+,23?/m0/s1. The fourth-order valence-corrected chi connectivity index (χ4v) is 4.57. The zero-order chi connectivity index (χ0) is 16.7. The lowest BCUT2D eigenvalue weighted by Gasteiger charge is -2.36. The molecule has 0 heterocycles. The van der Waals surface area contributed by atoms with Gasteiger partial charge in [0.15, 0.2) is 4.90 Å². The van der Waals surface area contributed by atoms with Crippen LogP contribution < -0.4 is 4.72 Å². The monoisotopic (exact) mass is 338 g/mol. The van der Waals surface area contributed by atoms with Gasteiger partial charge in [0.2, 0.25) is 5.92 Å². The summed E-state index contributed by atoms with van der Waals surface area (Å²) in [5.41, 5.74) is 0.763. The minimum Gasteiger partial charge on any atom is -0.593 e. The predicted molar refractivity (Wildman–Crippen MR) is 84.1 cm³/mol.